The number of aliphatic carboxylic acids is 1. The highest BCUT2D eigenvalue weighted by Crippen LogP contribution is 2.30. The zero-order valence-electron chi connectivity index (χ0n) is 12.4. The van der Waals surface area contributed by atoms with E-state index < -0.39 is 11.4 Å². The van der Waals surface area contributed by atoms with Crippen molar-refractivity contribution in [3.8, 4) is 11.4 Å². The van der Waals surface area contributed by atoms with Crippen LogP contribution < -0.4 is 0 Å². The van der Waals surface area contributed by atoms with E-state index in [2.05, 4.69) is 20.5 Å². The minimum Gasteiger partial charge on any atom is -0.481 e. The van der Waals surface area contributed by atoms with Crippen LogP contribution in [0.3, 0.4) is 0 Å². The Balaban J connectivity index is 2.36. The molecule has 0 aromatic carbocycles. The standard InChI is InChI=1S/C14H19N5O2/c1-4-14(5-2,13(20)21)9-19-12(16-17-18-19)11-7-6-10(3)15-8-11/h6-8H,4-5,9H2,1-3H3,(H,20,21). The summed E-state index contributed by atoms with van der Waals surface area (Å²) in [5.74, 6) is -0.286. The van der Waals surface area contributed by atoms with Crippen LogP contribution in [0.5, 0.6) is 0 Å². The second-order valence-corrected chi connectivity index (χ2v) is 5.14. The summed E-state index contributed by atoms with van der Waals surface area (Å²) in [6.07, 6.45) is 2.73. The summed E-state index contributed by atoms with van der Waals surface area (Å²) in [5, 5.41) is 21.1. The van der Waals surface area contributed by atoms with E-state index in [0.29, 0.717) is 18.7 Å². The summed E-state index contributed by atoms with van der Waals surface area (Å²) < 4.78 is 1.55. The van der Waals surface area contributed by atoms with Gasteiger partial charge < -0.3 is 5.11 Å². The first kappa shape index (κ1) is 15.1. The average Bonchev–Trinajstić information content (AvgIpc) is 2.93. The number of rotatable bonds is 6. The van der Waals surface area contributed by atoms with Crippen LogP contribution >= 0.6 is 0 Å². The van der Waals surface area contributed by atoms with Gasteiger partial charge in [-0.3, -0.25) is 9.78 Å². The Labute approximate surface area is 123 Å². The van der Waals surface area contributed by atoms with Crippen LogP contribution in [0.15, 0.2) is 18.3 Å². The number of aromatic nitrogens is 5. The van der Waals surface area contributed by atoms with Gasteiger partial charge in [0.05, 0.1) is 12.0 Å². The van der Waals surface area contributed by atoms with Gasteiger partial charge >= 0.3 is 5.97 Å². The second kappa shape index (κ2) is 5.99. The maximum Gasteiger partial charge on any atom is 0.311 e. The molecule has 0 fully saturated rings. The number of carboxylic acids is 1. The van der Waals surface area contributed by atoms with Crippen molar-refractivity contribution in [3.63, 3.8) is 0 Å². The summed E-state index contributed by atoms with van der Waals surface area (Å²) in [4.78, 5) is 15.8. The van der Waals surface area contributed by atoms with Gasteiger partial charge in [-0.25, -0.2) is 4.68 Å². The van der Waals surface area contributed by atoms with Crippen LogP contribution in [0.4, 0.5) is 0 Å². The molecule has 1 N–H and O–H groups in total. The van der Waals surface area contributed by atoms with Gasteiger partial charge in [0, 0.05) is 17.5 Å². The second-order valence-electron chi connectivity index (χ2n) is 5.14. The van der Waals surface area contributed by atoms with Crippen molar-refractivity contribution in [1.29, 1.82) is 0 Å². The van der Waals surface area contributed by atoms with Crippen molar-refractivity contribution in [1.82, 2.24) is 25.2 Å². The van der Waals surface area contributed by atoms with Gasteiger partial charge in [0.1, 0.15) is 0 Å². The quantitative estimate of drug-likeness (QED) is 0.873. The van der Waals surface area contributed by atoms with Crippen molar-refractivity contribution in [2.24, 2.45) is 5.41 Å². The minimum absolute atomic E-state index is 0.242. The third kappa shape index (κ3) is 2.91. The highest BCUT2D eigenvalue weighted by Gasteiger charge is 2.36. The molecule has 2 aromatic heterocycles. The Morgan fingerprint density at radius 2 is 2.05 bits per heavy atom. The molecule has 0 aliphatic heterocycles. The number of hydrogen-bond donors (Lipinski definition) is 1. The summed E-state index contributed by atoms with van der Waals surface area (Å²) in [6, 6.07) is 3.75. The minimum atomic E-state index is -0.859. The maximum atomic E-state index is 11.6. The highest BCUT2D eigenvalue weighted by molar-refractivity contribution is 5.74. The van der Waals surface area contributed by atoms with Crippen LogP contribution in [0.25, 0.3) is 11.4 Å². The molecule has 7 nitrogen and oxygen atoms in total. The van der Waals surface area contributed by atoms with Gasteiger partial charge in [-0.1, -0.05) is 13.8 Å². The molecule has 0 unspecified atom stereocenters. The third-order valence-corrected chi connectivity index (χ3v) is 3.96. The van der Waals surface area contributed by atoms with Crippen molar-refractivity contribution in [3.05, 3.63) is 24.0 Å². The molecule has 7 heteroatoms. The molecule has 21 heavy (non-hydrogen) atoms. The Morgan fingerprint density at radius 3 is 2.57 bits per heavy atom. The molecule has 0 radical (unpaired) electrons. The number of aryl methyl sites for hydroxylation is 1. The zero-order chi connectivity index (χ0) is 15.5. The Bertz CT molecular complexity index is 617. The van der Waals surface area contributed by atoms with E-state index in [-0.39, 0.29) is 6.54 Å². The molecule has 2 heterocycles. The smallest absolute Gasteiger partial charge is 0.311 e. The van der Waals surface area contributed by atoms with Crippen molar-refractivity contribution in [2.45, 2.75) is 40.2 Å². The maximum absolute atomic E-state index is 11.6. The Kier molecular flexibility index (Phi) is 4.30. The largest absolute Gasteiger partial charge is 0.481 e. The first-order valence-corrected chi connectivity index (χ1v) is 6.95. The van der Waals surface area contributed by atoms with E-state index in [1.165, 1.54) is 0 Å². The number of tetrazole rings is 1. The molecule has 0 spiro atoms. The van der Waals surface area contributed by atoms with Gasteiger partial charge in [0.15, 0.2) is 5.82 Å². The van der Waals surface area contributed by atoms with E-state index in [1.807, 2.05) is 32.9 Å². The SMILES string of the molecule is CCC(CC)(Cn1nnnc1-c1ccc(C)nc1)C(=O)O. The average molecular weight is 289 g/mol. The molecule has 0 aliphatic carbocycles. The Hall–Kier alpha value is -2.31. The number of nitrogens with zero attached hydrogens (tertiary/aromatic N) is 5. The fourth-order valence-electron chi connectivity index (χ4n) is 2.25. The first-order chi connectivity index (χ1) is 10.0. The predicted octanol–water partition coefficient (Wildman–Crippen LogP) is 1.93. The van der Waals surface area contributed by atoms with Crippen LogP contribution in [0, 0.1) is 12.3 Å². The Morgan fingerprint density at radius 1 is 1.33 bits per heavy atom. The summed E-state index contributed by atoms with van der Waals surface area (Å²) in [6.45, 7) is 5.88. The normalized spacial score (nSPS) is 11.6. The molecular weight excluding hydrogens is 270 g/mol. The predicted molar refractivity (Wildman–Crippen MR) is 76.4 cm³/mol. The number of pyridine rings is 1. The van der Waals surface area contributed by atoms with Gasteiger partial charge in [-0.05, 0) is 42.3 Å². The van der Waals surface area contributed by atoms with Gasteiger partial charge in [-0.15, -0.1) is 5.10 Å². The van der Waals surface area contributed by atoms with Crippen LogP contribution in [0.2, 0.25) is 0 Å². The van der Waals surface area contributed by atoms with Crippen molar-refractivity contribution >= 4 is 5.97 Å². The van der Waals surface area contributed by atoms with Crippen LogP contribution in [-0.2, 0) is 11.3 Å². The van der Waals surface area contributed by atoms with Gasteiger partial charge in [0.2, 0.25) is 0 Å². The van der Waals surface area contributed by atoms with E-state index in [9.17, 15) is 9.90 Å². The highest BCUT2D eigenvalue weighted by atomic mass is 16.4. The lowest BCUT2D eigenvalue weighted by Gasteiger charge is -2.26. The van der Waals surface area contributed by atoms with E-state index in [4.69, 9.17) is 0 Å². The summed E-state index contributed by atoms with van der Waals surface area (Å²) in [7, 11) is 0. The molecule has 112 valence electrons. The molecule has 0 atom stereocenters. The lowest BCUT2D eigenvalue weighted by molar-refractivity contribution is -0.150. The summed E-state index contributed by atoms with van der Waals surface area (Å²) >= 11 is 0. The number of hydrogen-bond acceptors (Lipinski definition) is 5. The lowest BCUT2D eigenvalue weighted by atomic mass is 9.82. The molecule has 0 amide bonds. The molecule has 0 aliphatic rings. The molecule has 0 bridgehead atoms. The van der Waals surface area contributed by atoms with E-state index in [0.717, 1.165) is 11.3 Å². The van der Waals surface area contributed by atoms with Gasteiger partial charge in [-0.2, -0.15) is 0 Å². The molecule has 2 rings (SSSR count). The lowest BCUT2D eigenvalue weighted by Crippen LogP contribution is -2.35. The fourth-order valence-corrected chi connectivity index (χ4v) is 2.25. The van der Waals surface area contributed by atoms with E-state index in [1.54, 1.807) is 10.9 Å². The van der Waals surface area contributed by atoms with Crippen molar-refractivity contribution in [2.75, 3.05) is 0 Å². The monoisotopic (exact) mass is 289 g/mol. The van der Waals surface area contributed by atoms with Gasteiger partial charge in [0.25, 0.3) is 0 Å². The third-order valence-electron chi connectivity index (χ3n) is 3.96. The molecular formula is C14H19N5O2. The van der Waals surface area contributed by atoms with E-state index >= 15 is 0 Å². The van der Waals surface area contributed by atoms with Crippen molar-refractivity contribution < 1.29 is 9.90 Å². The molecule has 0 saturated carbocycles. The molecule has 0 saturated heterocycles. The number of carboxylic acid groups (broad SMARTS) is 1. The van der Waals surface area contributed by atoms with Crippen LogP contribution in [0.1, 0.15) is 32.4 Å². The fraction of sp³-hybridized carbons (Fsp3) is 0.500. The molecule has 2 aromatic rings. The summed E-state index contributed by atoms with van der Waals surface area (Å²) in [5.41, 5.74) is 0.819. The topological polar surface area (TPSA) is 93.8 Å². The zero-order valence-corrected chi connectivity index (χ0v) is 12.4. The first-order valence-electron chi connectivity index (χ1n) is 6.95. The van der Waals surface area contributed by atoms with Crippen LogP contribution in [-0.4, -0.2) is 36.3 Å². The number of carbonyl (C=O) groups is 1.